The lowest BCUT2D eigenvalue weighted by molar-refractivity contribution is 0.411. The summed E-state index contributed by atoms with van der Waals surface area (Å²) in [5.74, 6) is 1.97. The molecule has 2 rings (SSSR count). The minimum Gasteiger partial charge on any atom is -0.598 e. The normalized spacial score (nSPS) is 18.6. The van der Waals surface area contributed by atoms with E-state index in [1.54, 1.807) is 13.3 Å². The number of methoxy groups -OCH3 is 1. The first-order valence-corrected chi connectivity index (χ1v) is 8.35. The van der Waals surface area contributed by atoms with Crippen molar-refractivity contribution >= 4 is 11.4 Å². The first-order chi connectivity index (χ1) is 9.39. The minimum atomic E-state index is -1.04. The molecule has 0 aliphatic heterocycles. The van der Waals surface area contributed by atoms with Crippen LogP contribution in [0.25, 0.3) is 0 Å². The van der Waals surface area contributed by atoms with Crippen LogP contribution >= 0.6 is 0 Å². The minimum absolute atomic E-state index is 0.0494. The van der Waals surface area contributed by atoms with Crippen LogP contribution in [-0.4, -0.2) is 22.4 Å². The maximum absolute atomic E-state index is 12.3. The molecule has 112 valence electrons. The highest BCUT2D eigenvalue weighted by Crippen LogP contribution is 2.41. The van der Waals surface area contributed by atoms with Crippen molar-refractivity contribution < 1.29 is 9.29 Å². The van der Waals surface area contributed by atoms with Crippen molar-refractivity contribution in [3.05, 3.63) is 24.0 Å². The molecule has 0 saturated heterocycles. The molecule has 1 N–H and O–H groups in total. The van der Waals surface area contributed by atoms with Crippen molar-refractivity contribution in [2.24, 2.45) is 11.3 Å². The van der Waals surface area contributed by atoms with E-state index in [-0.39, 0.29) is 11.5 Å². The Morgan fingerprint density at radius 2 is 2.20 bits per heavy atom. The molecule has 0 radical (unpaired) electrons. The van der Waals surface area contributed by atoms with Gasteiger partial charge < -0.3 is 9.29 Å². The molecule has 1 saturated carbocycles. The summed E-state index contributed by atoms with van der Waals surface area (Å²) in [5.41, 5.74) is 0.974. The Balaban J connectivity index is 2.07. The van der Waals surface area contributed by atoms with Gasteiger partial charge in [-0.1, -0.05) is 20.8 Å². The number of nitrogens with one attached hydrogen (secondary N) is 1. The van der Waals surface area contributed by atoms with Crippen molar-refractivity contribution in [1.82, 2.24) is 9.71 Å². The highest BCUT2D eigenvalue weighted by Gasteiger charge is 2.37. The quantitative estimate of drug-likeness (QED) is 0.820. The molecule has 0 bridgehead atoms. The van der Waals surface area contributed by atoms with E-state index in [0.717, 1.165) is 11.4 Å². The van der Waals surface area contributed by atoms with Gasteiger partial charge in [-0.15, -0.1) is 4.72 Å². The molecule has 1 aromatic heterocycles. The molecule has 1 fully saturated rings. The van der Waals surface area contributed by atoms with Gasteiger partial charge in [0.25, 0.3) is 0 Å². The lowest BCUT2D eigenvalue weighted by Crippen LogP contribution is -2.36. The standard InChI is InChI=1S/C15H24N2O2S/c1-15(2,3)10-20(18)17-14(11-5-6-11)13-9-12(19-4)7-8-16-13/h7-9,11,14,17H,5-6,10H2,1-4H3. The summed E-state index contributed by atoms with van der Waals surface area (Å²) >= 11 is -1.04. The van der Waals surface area contributed by atoms with Gasteiger partial charge in [0.1, 0.15) is 11.5 Å². The number of hydrogen-bond donors (Lipinski definition) is 1. The maximum atomic E-state index is 12.3. The van der Waals surface area contributed by atoms with Crippen molar-refractivity contribution in [1.29, 1.82) is 0 Å². The number of hydrogen-bond acceptors (Lipinski definition) is 4. The molecule has 20 heavy (non-hydrogen) atoms. The Morgan fingerprint density at radius 3 is 2.75 bits per heavy atom. The zero-order valence-corrected chi connectivity index (χ0v) is 13.5. The van der Waals surface area contributed by atoms with Crippen LogP contribution in [0.15, 0.2) is 18.3 Å². The van der Waals surface area contributed by atoms with E-state index < -0.39 is 11.4 Å². The van der Waals surface area contributed by atoms with Gasteiger partial charge >= 0.3 is 0 Å². The molecule has 1 heterocycles. The van der Waals surface area contributed by atoms with Crippen LogP contribution in [0.2, 0.25) is 0 Å². The molecule has 1 aliphatic rings. The molecule has 0 amide bonds. The molecular weight excluding hydrogens is 272 g/mol. The van der Waals surface area contributed by atoms with Gasteiger partial charge in [-0.05, 0) is 24.8 Å². The average molecular weight is 296 g/mol. The van der Waals surface area contributed by atoms with Gasteiger partial charge in [0.2, 0.25) is 0 Å². The van der Waals surface area contributed by atoms with Crippen LogP contribution in [0.3, 0.4) is 0 Å². The second kappa shape index (κ2) is 6.33. The lowest BCUT2D eigenvalue weighted by Gasteiger charge is -2.24. The van der Waals surface area contributed by atoms with E-state index in [1.165, 1.54) is 12.8 Å². The zero-order chi connectivity index (χ0) is 14.8. The molecule has 1 aliphatic carbocycles. The largest absolute Gasteiger partial charge is 0.598 e. The Bertz CT molecular complexity index is 444. The fourth-order valence-electron chi connectivity index (χ4n) is 2.13. The number of aromatic nitrogens is 1. The highest BCUT2D eigenvalue weighted by molar-refractivity contribution is 7.89. The van der Waals surface area contributed by atoms with Crippen LogP contribution in [0.5, 0.6) is 5.75 Å². The van der Waals surface area contributed by atoms with Crippen LogP contribution in [0, 0.1) is 11.3 Å². The number of pyridine rings is 1. The van der Waals surface area contributed by atoms with Gasteiger partial charge in [-0.25, -0.2) is 0 Å². The van der Waals surface area contributed by atoms with E-state index in [9.17, 15) is 4.55 Å². The van der Waals surface area contributed by atoms with Gasteiger partial charge in [0.05, 0.1) is 18.8 Å². The predicted molar refractivity (Wildman–Crippen MR) is 81.9 cm³/mol. The monoisotopic (exact) mass is 296 g/mol. The van der Waals surface area contributed by atoms with Crippen LogP contribution < -0.4 is 9.46 Å². The predicted octanol–water partition coefficient (Wildman–Crippen LogP) is 2.84. The molecule has 0 spiro atoms. The van der Waals surface area contributed by atoms with Crippen LogP contribution in [0.4, 0.5) is 0 Å². The van der Waals surface area contributed by atoms with Gasteiger partial charge in [-0.3, -0.25) is 4.98 Å². The van der Waals surface area contributed by atoms with Crippen molar-refractivity contribution in [2.75, 3.05) is 12.9 Å². The lowest BCUT2D eigenvalue weighted by atomic mass is 10.0. The fourth-order valence-corrected chi connectivity index (χ4v) is 3.60. The third-order valence-corrected chi connectivity index (χ3v) is 4.87. The zero-order valence-electron chi connectivity index (χ0n) is 12.7. The fraction of sp³-hybridized carbons (Fsp3) is 0.667. The van der Waals surface area contributed by atoms with E-state index in [1.807, 2.05) is 12.1 Å². The molecule has 2 unspecified atom stereocenters. The Hall–Kier alpha value is -0.780. The highest BCUT2D eigenvalue weighted by atomic mass is 32.2. The Morgan fingerprint density at radius 1 is 1.50 bits per heavy atom. The summed E-state index contributed by atoms with van der Waals surface area (Å²) in [6, 6.07) is 3.83. The second-order valence-corrected chi connectivity index (χ2v) is 7.82. The summed E-state index contributed by atoms with van der Waals surface area (Å²) in [7, 11) is 1.65. The Labute approximate surface area is 124 Å². The molecule has 4 nitrogen and oxygen atoms in total. The SMILES string of the molecule is COc1ccnc(C(N[S+]([O-])CC(C)(C)C)C2CC2)c1. The third kappa shape index (κ3) is 4.65. The van der Waals surface area contributed by atoms with Gasteiger partial charge in [0.15, 0.2) is 0 Å². The van der Waals surface area contributed by atoms with Gasteiger partial charge in [-0.2, -0.15) is 0 Å². The van der Waals surface area contributed by atoms with Crippen molar-refractivity contribution in [2.45, 2.75) is 39.7 Å². The average Bonchev–Trinajstić information content (AvgIpc) is 3.18. The maximum Gasteiger partial charge on any atom is 0.130 e. The Kier molecular flexibility index (Phi) is 4.94. The van der Waals surface area contributed by atoms with E-state index in [4.69, 9.17) is 4.74 Å². The van der Waals surface area contributed by atoms with Crippen molar-refractivity contribution in [3.8, 4) is 5.75 Å². The first-order valence-electron chi connectivity index (χ1n) is 7.03. The van der Waals surface area contributed by atoms with E-state index in [0.29, 0.717) is 11.7 Å². The topological polar surface area (TPSA) is 57.2 Å². The summed E-state index contributed by atoms with van der Waals surface area (Å²) in [4.78, 5) is 4.42. The second-order valence-electron chi connectivity index (χ2n) is 6.60. The molecule has 1 aromatic rings. The third-order valence-electron chi connectivity index (χ3n) is 3.22. The summed E-state index contributed by atoms with van der Waals surface area (Å²) in [6.45, 7) is 6.30. The van der Waals surface area contributed by atoms with Gasteiger partial charge in [0, 0.05) is 29.0 Å². The summed E-state index contributed by atoms with van der Waals surface area (Å²) in [5, 5.41) is 0. The van der Waals surface area contributed by atoms with Crippen LogP contribution in [0.1, 0.15) is 45.3 Å². The van der Waals surface area contributed by atoms with E-state index in [2.05, 4.69) is 30.5 Å². The molecule has 5 heteroatoms. The number of rotatable bonds is 6. The van der Waals surface area contributed by atoms with Crippen LogP contribution in [-0.2, 0) is 11.4 Å². The molecular formula is C15H24N2O2S. The smallest absolute Gasteiger partial charge is 0.130 e. The summed E-state index contributed by atoms with van der Waals surface area (Å²) < 4.78 is 20.8. The summed E-state index contributed by atoms with van der Waals surface area (Å²) in [6.07, 6.45) is 4.09. The number of nitrogens with zero attached hydrogens (tertiary/aromatic N) is 1. The van der Waals surface area contributed by atoms with E-state index >= 15 is 0 Å². The van der Waals surface area contributed by atoms with Crippen molar-refractivity contribution in [3.63, 3.8) is 0 Å². The molecule has 0 aromatic carbocycles. The molecule has 2 atom stereocenters. The number of ether oxygens (including phenoxy) is 1. The first kappa shape index (κ1) is 15.6.